The number of hydrogen-bond donors (Lipinski definition) is 5. The van der Waals surface area contributed by atoms with Crippen molar-refractivity contribution in [3.05, 3.63) is 94.5 Å². The molecule has 5 heterocycles. The van der Waals surface area contributed by atoms with Gasteiger partial charge in [-0.2, -0.15) is 5.26 Å². The minimum Gasteiger partial charge on any atom is -0.489 e. The van der Waals surface area contributed by atoms with Gasteiger partial charge in [0, 0.05) is 104 Å². The Morgan fingerprint density at radius 3 is 2.24 bits per heavy atom. The molecule has 5 aliphatic rings. The number of amides is 4. The van der Waals surface area contributed by atoms with E-state index in [-0.39, 0.29) is 77.6 Å². The Bertz CT molecular complexity index is 2760. The molecule has 4 aromatic rings. The van der Waals surface area contributed by atoms with Gasteiger partial charge in [-0.1, -0.05) is 84.3 Å². The highest BCUT2D eigenvalue weighted by Crippen LogP contribution is 2.56. The van der Waals surface area contributed by atoms with Crippen molar-refractivity contribution >= 4 is 41.0 Å². The summed E-state index contributed by atoms with van der Waals surface area (Å²) >= 11 is 6.27. The molecule has 394 valence electrons. The second-order valence-corrected chi connectivity index (χ2v) is 24.3. The van der Waals surface area contributed by atoms with Crippen LogP contribution in [0.3, 0.4) is 0 Å². The Kier molecular flexibility index (Phi) is 14.4. The highest BCUT2D eigenvalue weighted by molar-refractivity contribution is 6.31. The number of likely N-dealkylation sites (tertiary alicyclic amines) is 1. The average molecular weight is 1030 g/mol. The van der Waals surface area contributed by atoms with Crippen LogP contribution in [0.25, 0.3) is 11.3 Å². The molecular weight excluding hydrogens is 958 g/mol. The van der Waals surface area contributed by atoms with Crippen LogP contribution >= 0.6 is 11.6 Å². The van der Waals surface area contributed by atoms with Crippen LogP contribution in [-0.2, 0) is 14.4 Å². The topological polar surface area (TPSA) is 212 Å². The van der Waals surface area contributed by atoms with Crippen molar-refractivity contribution in [2.75, 3.05) is 57.3 Å². The first-order valence-electron chi connectivity index (χ1n) is 26.0. The van der Waals surface area contributed by atoms with Crippen LogP contribution in [0.1, 0.15) is 108 Å². The number of carbonyl (C=O) groups excluding carboxylic acids is 4. The molecule has 5 N–H and O–H groups in total. The van der Waals surface area contributed by atoms with Crippen molar-refractivity contribution in [3.8, 4) is 23.1 Å². The first-order valence-corrected chi connectivity index (χ1v) is 26.4. The van der Waals surface area contributed by atoms with Gasteiger partial charge in [-0.15, -0.1) is 0 Å². The molecule has 2 saturated carbocycles. The number of aromatic nitrogens is 3. The van der Waals surface area contributed by atoms with Gasteiger partial charge in [0.25, 0.3) is 5.91 Å². The molecule has 1 unspecified atom stereocenters. The van der Waals surface area contributed by atoms with Gasteiger partial charge in [0.2, 0.25) is 17.7 Å². The zero-order valence-corrected chi connectivity index (χ0v) is 44.9. The fourth-order valence-electron chi connectivity index (χ4n) is 12.7. The second kappa shape index (κ2) is 20.2. The van der Waals surface area contributed by atoms with Crippen molar-refractivity contribution in [1.82, 2.24) is 45.6 Å². The third kappa shape index (κ3) is 10.5. The molecule has 17 nitrogen and oxygen atoms in total. The highest BCUT2D eigenvalue weighted by Gasteiger charge is 2.64. The van der Waals surface area contributed by atoms with E-state index in [9.17, 15) is 29.5 Å². The quantitative estimate of drug-likeness (QED) is 0.100. The summed E-state index contributed by atoms with van der Waals surface area (Å²) < 4.78 is 6.39. The Hall–Kier alpha value is -6.06. The first-order chi connectivity index (χ1) is 35.0. The largest absolute Gasteiger partial charge is 0.489 e. The molecule has 5 fully saturated rings. The number of H-pyrrole nitrogens is 1. The Morgan fingerprint density at radius 1 is 0.959 bits per heavy atom. The number of halogens is 1. The van der Waals surface area contributed by atoms with Gasteiger partial charge in [-0.05, 0) is 61.9 Å². The summed E-state index contributed by atoms with van der Waals surface area (Å²) in [6.07, 6.45) is 4.59. The zero-order valence-electron chi connectivity index (χ0n) is 44.2. The number of ether oxygens (including phenoxy) is 1. The zero-order chi connectivity index (χ0) is 53.1. The van der Waals surface area contributed by atoms with Crippen molar-refractivity contribution in [3.63, 3.8) is 0 Å². The van der Waals surface area contributed by atoms with Crippen molar-refractivity contribution in [2.24, 2.45) is 21.7 Å². The number of pyridine rings is 1. The SMILES string of the molecule is Cc1[nH]cnc1-c1ccc([C@H](C)NC(=O)[C@@H]2C[C@@H](O)CN2C(=O)C(NC(=O)CN2CCN(C3CC4(C3)CN(c3ccc(C(=O)NC5C(C)(C)C(Oc6ccc(C#N)c(Cl)c6)C5(C)C)cn3)C4)CC2)C(C)(C)C)cc1. The lowest BCUT2D eigenvalue weighted by Gasteiger charge is -2.63. The van der Waals surface area contributed by atoms with E-state index in [1.165, 1.54) is 4.90 Å². The minimum atomic E-state index is -0.898. The smallest absolute Gasteiger partial charge is 0.253 e. The number of hydrogen-bond acceptors (Lipinski definition) is 12. The predicted molar refractivity (Wildman–Crippen MR) is 282 cm³/mol. The summed E-state index contributed by atoms with van der Waals surface area (Å²) in [5.41, 5.74) is 3.43. The van der Waals surface area contributed by atoms with E-state index >= 15 is 0 Å². The summed E-state index contributed by atoms with van der Waals surface area (Å²) in [5.74, 6) is 0.303. The first kappa shape index (κ1) is 52.8. The molecule has 2 aromatic heterocycles. The van der Waals surface area contributed by atoms with Gasteiger partial charge in [0.05, 0.1) is 46.9 Å². The number of aromatic amines is 1. The van der Waals surface area contributed by atoms with E-state index in [0.717, 1.165) is 80.4 Å². The number of aliphatic hydroxyl groups is 1. The molecule has 2 aromatic carbocycles. The number of nitriles is 1. The summed E-state index contributed by atoms with van der Waals surface area (Å²) in [4.78, 5) is 75.9. The molecule has 0 bridgehead atoms. The number of piperazine rings is 1. The van der Waals surface area contributed by atoms with Crippen molar-refractivity contribution in [1.29, 1.82) is 5.26 Å². The van der Waals surface area contributed by atoms with Gasteiger partial charge in [0.15, 0.2) is 0 Å². The molecule has 4 atom stereocenters. The molecule has 3 aliphatic heterocycles. The molecule has 18 heteroatoms. The standard InChI is InChI=1S/C56H72ClN11O6/c1-33(35-10-12-36(13-11-35)46-34(2)60-32-61-46)62-49(72)43-22-40(69)28-68(43)50(73)47(53(3,4)5)63-45(70)29-65-18-20-66(21-19-65)39-24-56(25-39)30-67(31-56)44-17-15-38(27-59-44)48(71)64-51-54(6,7)52(55(51,8)9)74-41-16-14-37(26-58)42(57)23-41/h10-17,23,27,32-33,39-40,43,47,51-52,69H,18-22,24-25,28-31H2,1-9H3,(H,60,61)(H,62,72)(H,63,70)(H,64,71)/t33-,40+,43-,47?,51?,52?/m0/s1. The predicted octanol–water partition coefficient (Wildman–Crippen LogP) is 5.87. The van der Waals surface area contributed by atoms with Gasteiger partial charge in [0.1, 0.15) is 35.8 Å². The van der Waals surface area contributed by atoms with Crippen molar-refractivity contribution in [2.45, 2.75) is 124 Å². The lowest BCUT2D eigenvalue weighted by molar-refractivity contribution is -0.164. The van der Waals surface area contributed by atoms with Crippen molar-refractivity contribution < 1.29 is 29.0 Å². The Balaban J connectivity index is 0.701. The van der Waals surface area contributed by atoms with E-state index in [0.29, 0.717) is 27.9 Å². The number of benzene rings is 2. The van der Waals surface area contributed by atoms with Crippen LogP contribution in [-0.4, -0.2) is 147 Å². The number of aryl methyl sites for hydroxylation is 1. The van der Waals surface area contributed by atoms with Gasteiger partial charge in [-0.25, -0.2) is 9.97 Å². The molecule has 4 amide bonds. The molecule has 74 heavy (non-hydrogen) atoms. The maximum atomic E-state index is 14.3. The summed E-state index contributed by atoms with van der Waals surface area (Å²) in [6, 6.07) is 17.0. The molecule has 9 rings (SSSR count). The average Bonchev–Trinajstić information content (AvgIpc) is 3.95. The molecule has 1 spiro atoms. The molecular formula is C56H72ClN11O6. The van der Waals surface area contributed by atoms with Crippen LogP contribution < -0.4 is 25.6 Å². The lowest BCUT2D eigenvalue weighted by atomic mass is 9.49. The summed E-state index contributed by atoms with van der Waals surface area (Å²) in [7, 11) is 0. The number of nitrogens with one attached hydrogen (secondary N) is 4. The molecule has 2 aliphatic carbocycles. The van der Waals surface area contributed by atoms with Gasteiger partial charge < -0.3 is 40.6 Å². The highest BCUT2D eigenvalue weighted by atomic mass is 35.5. The monoisotopic (exact) mass is 1030 g/mol. The van der Waals surface area contributed by atoms with E-state index in [1.54, 1.807) is 30.7 Å². The normalized spacial score (nSPS) is 24.1. The maximum absolute atomic E-state index is 14.3. The van der Waals surface area contributed by atoms with Crippen LogP contribution in [0.15, 0.2) is 67.1 Å². The van der Waals surface area contributed by atoms with Gasteiger partial charge >= 0.3 is 0 Å². The number of aliphatic hydroxyl groups excluding tert-OH is 1. The maximum Gasteiger partial charge on any atom is 0.253 e. The molecule has 3 saturated heterocycles. The second-order valence-electron chi connectivity index (χ2n) is 23.9. The number of nitrogens with zero attached hydrogens (tertiary/aromatic N) is 7. The minimum absolute atomic E-state index is 0.0102. The number of rotatable bonds is 14. The fraction of sp³-hybridized carbons (Fsp3) is 0.554. The van der Waals surface area contributed by atoms with Crippen LogP contribution in [0, 0.1) is 39.9 Å². The van der Waals surface area contributed by atoms with Crippen LogP contribution in [0.5, 0.6) is 5.75 Å². The summed E-state index contributed by atoms with van der Waals surface area (Å²) in [6.45, 7) is 23.1. The van der Waals surface area contributed by atoms with E-state index in [2.05, 4.69) is 74.4 Å². The number of imidazole rings is 1. The fourth-order valence-corrected chi connectivity index (χ4v) is 12.9. The van der Waals surface area contributed by atoms with E-state index < -0.39 is 23.6 Å². The van der Waals surface area contributed by atoms with Crippen LogP contribution in [0.4, 0.5) is 5.82 Å². The van der Waals surface area contributed by atoms with E-state index in [4.69, 9.17) is 21.3 Å². The lowest BCUT2D eigenvalue weighted by Crippen LogP contribution is -2.74. The molecule has 0 radical (unpaired) electrons. The van der Waals surface area contributed by atoms with Gasteiger partial charge in [-0.3, -0.25) is 29.0 Å². The summed E-state index contributed by atoms with van der Waals surface area (Å²) in [5, 5.41) is 29.7. The van der Waals surface area contributed by atoms with Crippen LogP contribution in [0.2, 0.25) is 5.02 Å². The number of β-amino-alcohol motifs (C(OH)–C–C–N with tert-alkyl or cyclic N) is 1. The Labute approximate surface area is 439 Å². The number of carbonyl (C=O) groups is 4. The number of anilines is 1. The third-order valence-electron chi connectivity index (χ3n) is 16.6. The van der Waals surface area contributed by atoms with E-state index in [1.807, 2.05) is 71.0 Å². The Morgan fingerprint density at radius 2 is 1.65 bits per heavy atom. The third-order valence-corrected chi connectivity index (χ3v) is 16.9.